The van der Waals surface area contributed by atoms with Crippen LogP contribution in [0.1, 0.15) is 23.1 Å². The minimum absolute atomic E-state index is 0.0339. The third-order valence-electron chi connectivity index (χ3n) is 4.52. The van der Waals surface area contributed by atoms with Gasteiger partial charge in [0.25, 0.3) is 0 Å². The first-order valence-corrected chi connectivity index (χ1v) is 8.63. The Morgan fingerprint density at radius 2 is 1.46 bits per heavy atom. The zero-order chi connectivity index (χ0) is 20.9. The standard InChI is InChI=1S/C20H21F4NO3/c21-16-7-3-13(4-8-16)10-17(25)18(26)11-14(19(27)28)9-12-1-5-15(6-2-12)20(22,23)24/h1-8,14,17-18,26H,9-11,25H2,(H,27,28)/t14-,17+,18+/m1/s1. The molecule has 0 amide bonds. The molecule has 0 aliphatic heterocycles. The quantitative estimate of drug-likeness (QED) is 0.594. The fourth-order valence-electron chi connectivity index (χ4n) is 2.88. The average molecular weight is 399 g/mol. The largest absolute Gasteiger partial charge is 0.481 e. The van der Waals surface area contributed by atoms with Crippen molar-refractivity contribution in [2.75, 3.05) is 0 Å². The molecule has 28 heavy (non-hydrogen) atoms. The molecule has 2 rings (SSSR count). The van der Waals surface area contributed by atoms with Crippen molar-refractivity contribution in [2.24, 2.45) is 11.7 Å². The van der Waals surface area contributed by atoms with Crippen LogP contribution in [0.5, 0.6) is 0 Å². The van der Waals surface area contributed by atoms with Gasteiger partial charge in [0.15, 0.2) is 0 Å². The van der Waals surface area contributed by atoms with Gasteiger partial charge >= 0.3 is 12.1 Å². The van der Waals surface area contributed by atoms with Gasteiger partial charge in [-0.3, -0.25) is 4.79 Å². The molecule has 152 valence electrons. The van der Waals surface area contributed by atoms with Crippen LogP contribution < -0.4 is 5.73 Å². The molecular formula is C20H21F4NO3. The molecule has 2 aromatic rings. The van der Waals surface area contributed by atoms with Gasteiger partial charge in [0, 0.05) is 6.04 Å². The van der Waals surface area contributed by atoms with Crippen molar-refractivity contribution >= 4 is 5.97 Å². The van der Waals surface area contributed by atoms with Crippen LogP contribution in [0, 0.1) is 11.7 Å². The smallest absolute Gasteiger partial charge is 0.416 e. The Kier molecular flexibility index (Phi) is 7.15. The summed E-state index contributed by atoms with van der Waals surface area (Å²) in [5.41, 5.74) is 6.23. The molecule has 0 saturated heterocycles. The summed E-state index contributed by atoms with van der Waals surface area (Å²) in [6, 6.07) is 9.05. The Morgan fingerprint density at radius 3 is 1.96 bits per heavy atom. The van der Waals surface area contributed by atoms with E-state index in [4.69, 9.17) is 5.73 Å². The summed E-state index contributed by atoms with van der Waals surface area (Å²) in [7, 11) is 0. The van der Waals surface area contributed by atoms with E-state index in [-0.39, 0.29) is 19.3 Å². The van der Waals surface area contributed by atoms with Crippen LogP contribution in [0.15, 0.2) is 48.5 Å². The maximum absolute atomic E-state index is 12.9. The van der Waals surface area contributed by atoms with E-state index < -0.39 is 41.6 Å². The third-order valence-corrected chi connectivity index (χ3v) is 4.52. The van der Waals surface area contributed by atoms with Gasteiger partial charge in [0.2, 0.25) is 0 Å². The molecule has 0 unspecified atom stereocenters. The number of carboxylic acids is 1. The minimum Gasteiger partial charge on any atom is -0.481 e. The van der Waals surface area contributed by atoms with Crippen LogP contribution in [0.25, 0.3) is 0 Å². The van der Waals surface area contributed by atoms with Crippen molar-refractivity contribution in [1.29, 1.82) is 0 Å². The first kappa shape index (κ1) is 21.8. The number of benzene rings is 2. The topological polar surface area (TPSA) is 83.5 Å². The minimum atomic E-state index is -4.46. The van der Waals surface area contributed by atoms with Gasteiger partial charge < -0.3 is 15.9 Å². The first-order chi connectivity index (χ1) is 13.1. The highest BCUT2D eigenvalue weighted by Crippen LogP contribution is 2.29. The number of aliphatic hydroxyl groups excluding tert-OH is 1. The van der Waals surface area contributed by atoms with Crippen molar-refractivity contribution in [1.82, 2.24) is 0 Å². The summed E-state index contributed by atoms with van der Waals surface area (Å²) >= 11 is 0. The highest BCUT2D eigenvalue weighted by Gasteiger charge is 2.30. The summed E-state index contributed by atoms with van der Waals surface area (Å²) < 4.78 is 50.8. The van der Waals surface area contributed by atoms with Crippen LogP contribution in [-0.2, 0) is 23.8 Å². The lowest BCUT2D eigenvalue weighted by atomic mass is 9.89. The molecule has 0 spiro atoms. The summed E-state index contributed by atoms with van der Waals surface area (Å²) in [4.78, 5) is 11.5. The lowest BCUT2D eigenvalue weighted by Gasteiger charge is -2.22. The Labute approximate surface area is 159 Å². The number of alkyl halides is 3. The van der Waals surface area contributed by atoms with Gasteiger partial charge in [0.1, 0.15) is 5.82 Å². The van der Waals surface area contributed by atoms with E-state index in [1.54, 1.807) is 0 Å². The summed E-state index contributed by atoms with van der Waals surface area (Å²) in [6.07, 6.45) is -5.56. The Hall–Kier alpha value is -2.45. The molecule has 0 aliphatic rings. The van der Waals surface area contributed by atoms with E-state index >= 15 is 0 Å². The lowest BCUT2D eigenvalue weighted by Crippen LogP contribution is -2.39. The first-order valence-electron chi connectivity index (χ1n) is 8.63. The zero-order valence-electron chi connectivity index (χ0n) is 14.9. The van der Waals surface area contributed by atoms with Crippen molar-refractivity contribution < 1.29 is 32.6 Å². The van der Waals surface area contributed by atoms with Gasteiger partial charge in [-0.1, -0.05) is 24.3 Å². The molecule has 0 radical (unpaired) electrons. The summed E-state index contributed by atoms with van der Waals surface area (Å²) in [5.74, 6) is -2.58. The van der Waals surface area contributed by atoms with Gasteiger partial charge in [-0.15, -0.1) is 0 Å². The van der Waals surface area contributed by atoms with Crippen molar-refractivity contribution in [3.05, 3.63) is 71.0 Å². The Morgan fingerprint density at radius 1 is 0.964 bits per heavy atom. The maximum atomic E-state index is 12.9. The van der Waals surface area contributed by atoms with Gasteiger partial charge in [-0.05, 0) is 54.7 Å². The summed E-state index contributed by atoms with van der Waals surface area (Å²) in [5, 5.41) is 19.7. The van der Waals surface area contributed by atoms with Crippen LogP contribution >= 0.6 is 0 Å². The number of hydrogen-bond acceptors (Lipinski definition) is 3. The molecule has 4 nitrogen and oxygen atoms in total. The average Bonchev–Trinajstić information content (AvgIpc) is 2.62. The Balaban J connectivity index is 1.99. The number of aliphatic hydroxyl groups is 1. The predicted octanol–water partition coefficient (Wildman–Crippen LogP) is 3.41. The zero-order valence-corrected chi connectivity index (χ0v) is 14.9. The number of hydrogen-bond donors (Lipinski definition) is 3. The SMILES string of the molecule is N[C@@H](Cc1ccc(F)cc1)[C@@H](O)C[C@@H](Cc1ccc(C(F)(F)F)cc1)C(=O)O. The van der Waals surface area contributed by atoms with Crippen molar-refractivity contribution in [2.45, 2.75) is 37.6 Å². The van der Waals surface area contributed by atoms with E-state index in [1.807, 2.05) is 0 Å². The third kappa shape index (κ3) is 6.31. The second kappa shape index (κ2) is 9.16. The number of rotatable bonds is 8. The van der Waals surface area contributed by atoms with Crippen LogP contribution in [-0.4, -0.2) is 28.3 Å². The van der Waals surface area contributed by atoms with Crippen LogP contribution in [0.3, 0.4) is 0 Å². The lowest BCUT2D eigenvalue weighted by molar-refractivity contribution is -0.143. The molecule has 4 N–H and O–H groups in total. The Bertz CT molecular complexity index is 776. The highest BCUT2D eigenvalue weighted by atomic mass is 19.4. The predicted molar refractivity (Wildman–Crippen MR) is 95.0 cm³/mol. The van der Waals surface area contributed by atoms with E-state index in [2.05, 4.69) is 0 Å². The molecule has 8 heteroatoms. The van der Waals surface area contributed by atoms with Gasteiger partial charge in [-0.2, -0.15) is 13.2 Å². The second-order valence-electron chi connectivity index (χ2n) is 6.73. The van der Waals surface area contributed by atoms with E-state index in [9.17, 15) is 32.6 Å². The fourth-order valence-corrected chi connectivity index (χ4v) is 2.88. The molecule has 3 atom stereocenters. The number of carboxylic acid groups (broad SMARTS) is 1. The number of halogens is 4. The normalized spacial score (nSPS) is 15.1. The molecule has 0 aromatic heterocycles. The fraction of sp³-hybridized carbons (Fsp3) is 0.350. The van der Waals surface area contributed by atoms with Crippen LogP contribution in [0.4, 0.5) is 17.6 Å². The maximum Gasteiger partial charge on any atom is 0.416 e. The number of aliphatic carboxylic acids is 1. The molecule has 0 fully saturated rings. The highest BCUT2D eigenvalue weighted by molar-refractivity contribution is 5.70. The number of nitrogens with two attached hydrogens (primary N) is 1. The summed E-state index contributed by atoms with van der Waals surface area (Å²) in [6.45, 7) is 0. The number of carbonyl (C=O) groups is 1. The molecule has 0 saturated carbocycles. The monoisotopic (exact) mass is 399 g/mol. The van der Waals surface area contributed by atoms with E-state index in [0.717, 1.165) is 12.1 Å². The van der Waals surface area contributed by atoms with E-state index in [0.29, 0.717) is 11.1 Å². The van der Waals surface area contributed by atoms with Gasteiger partial charge in [-0.25, -0.2) is 4.39 Å². The molecule has 2 aromatic carbocycles. The van der Waals surface area contributed by atoms with Crippen LogP contribution in [0.2, 0.25) is 0 Å². The second-order valence-corrected chi connectivity index (χ2v) is 6.73. The molecule has 0 bridgehead atoms. The molecular weight excluding hydrogens is 378 g/mol. The van der Waals surface area contributed by atoms with Crippen molar-refractivity contribution in [3.8, 4) is 0 Å². The van der Waals surface area contributed by atoms with E-state index in [1.165, 1.54) is 36.4 Å². The molecule has 0 heterocycles. The van der Waals surface area contributed by atoms with Gasteiger partial charge in [0.05, 0.1) is 17.6 Å². The molecule has 0 aliphatic carbocycles. The van der Waals surface area contributed by atoms with Crippen molar-refractivity contribution in [3.63, 3.8) is 0 Å².